The van der Waals surface area contributed by atoms with E-state index in [-0.39, 0.29) is 53.9 Å². The number of anilines is 1. The van der Waals surface area contributed by atoms with Gasteiger partial charge in [0.1, 0.15) is 24.0 Å². The van der Waals surface area contributed by atoms with Crippen LogP contribution in [0.5, 0.6) is 17.4 Å². The Labute approximate surface area is 197 Å². The number of ether oxygens (including phenoxy) is 3. The molecule has 0 bridgehead atoms. The van der Waals surface area contributed by atoms with Crippen molar-refractivity contribution in [1.29, 1.82) is 0 Å². The first-order valence-corrected chi connectivity index (χ1v) is 11.6. The van der Waals surface area contributed by atoms with Crippen molar-refractivity contribution in [3.05, 3.63) is 40.8 Å². The summed E-state index contributed by atoms with van der Waals surface area (Å²) in [5.41, 5.74) is 2.16. The molecule has 9 heteroatoms. The van der Waals surface area contributed by atoms with Gasteiger partial charge in [0.15, 0.2) is 11.6 Å². The topological polar surface area (TPSA) is 90.0 Å². The molecule has 1 saturated heterocycles. The fourth-order valence-electron chi connectivity index (χ4n) is 4.86. The molecule has 4 heterocycles. The second-order valence-electron chi connectivity index (χ2n) is 9.54. The molecule has 1 fully saturated rings. The predicted molar refractivity (Wildman–Crippen MR) is 122 cm³/mol. The normalized spacial score (nSPS) is 23.5. The van der Waals surface area contributed by atoms with Crippen LogP contribution in [0.4, 0.5) is 10.1 Å². The quantitative estimate of drug-likeness (QED) is 0.732. The average molecular weight is 470 g/mol. The molecule has 0 saturated carbocycles. The Balaban J connectivity index is 1.38. The van der Waals surface area contributed by atoms with Gasteiger partial charge < -0.3 is 24.4 Å². The van der Waals surface area contributed by atoms with Crippen LogP contribution in [0, 0.1) is 12.7 Å². The van der Waals surface area contributed by atoms with Gasteiger partial charge in [-0.2, -0.15) is 0 Å². The summed E-state index contributed by atoms with van der Waals surface area (Å²) in [4.78, 5) is 31.5. The molecule has 2 aromatic rings. The minimum atomic E-state index is -0.551. The molecule has 2 amide bonds. The van der Waals surface area contributed by atoms with E-state index < -0.39 is 5.82 Å². The number of halogens is 1. The summed E-state index contributed by atoms with van der Waals surface area (Å²) in [6.07, 6.45) is 2.09. The summed E-state index contributed by atoms with van der Waals surface area (Å²) in [6.45, 7) is 7.77. The number of benzene rings is 1. The fourth-order valence-corrected chi connectivity index (χ4v) is 4.86. The van der Waals surface area contributed by atoms with Crippen molar-refractivity contribution in [2.24, 2.45) is 0 Å². The van der Waals surface area contributed by atoms with Gasteiger partial charge in [0.25, 0.3) is 5.91 Å². The van der Waals surface area contributed by atoms with Gasteiger partial charge in [-0.05, 0) is 43.9 Å². The van der Waals surface area contributed by atoms with Crippen molar-refractivity contribution in [2.75, 3.05) is 18.5 Å². The minimum absolute atomic E-state index is 0.0327. The molecule has 1 aromatic carbocycles. The van der Waals surface area contributed by atoms with Gasteiger partial charge >= 0.3 is 0 Å². The second-order valence-corrected chi connectivity index (χ2v) is 9.54. The van der Waals surface area contributed by atoms with Crippen molar-refractivity contribution in [1.82, 2.24) is 9.88 Å². The number of nitrogens with one attached hydrogen (secondary N) is 1. The van der Waals surface area contributed by atoms with Crippen LogP contribution in [0.1, 0.15) is 61.0 Å². The van der Waals surface area contributed by atoms with Crippen LogP contribution in [0.15, 0.2) is 18.3 Å². The number of rotatable bonds is 4. The number of aromatic nitrogens is 1. The van der Waals surface area contributed by atoms with E-state index in [4.69, 9.17) is 14.2 Å². The Hall–Kier alpha value is -3.36. The average Bonchev–Trinajstić information content (AvgIpc) is 3.12. The molecule has 0 radical (unpaired) electrons. The van der Waals surface area contributed by atoms with Gasteiger partial charge in [-0.1, -0.05) is 6.92 Å². The predicted octanol–water partition coefficient (Wildman–Crippen LogP) is 3.82. The van der Waals surface area contributed by atoms with Crippen molar-refractivity contribution in [3.8, 4) is 17.4 Å². The number of nitrogens with zero attached hydrogens (tertiary/aromatic N) is 2. The van der Waals surface area contributed by atoms with Crippen LogP contribution in [-0.2, 0) is 4.79 Å². The lowest BCUT2D eigenvalue weighted by Crippen LogP contribution is -2.37. The highest BCUT2D eigenvalue weighted by molar-refractivity contribution is 6.00. The molecule has 8 nitrogen and oxygen atoms in total. The van der Waals surface area contributed by atoms with Crippen LogP contribution in [0.25, 0.3) is 0 Å². The van der Waals surface area contributed by atoms with Crippen molar-refractivity contribution < 1.29 is 28.2 Å². The van der Waals surface area contributed by atoms with Gasteiger partial charge in [0.2, 0.25) is 11.8 Å². The van der Waals surface area contributed by atoms with Crippen molar-refractivity contribution >= 4 is 17.5 Å². The van der Waals surface area contributed by atoms with Crippen LogP contribution >= 0.6 is 0 Å². The molecule has 1 N–H and O–H groups in total. The Bertz CT molecular complexity index is 1170. The van der Waals surface area contributed by atoms with E-state index in [0.717, 1.165) is 5.56 Å². The van der Waals surface area contributed by atoms with Gasteiger partial charge in [0, 0.05) is 25.1 Å². The third-order valence-electron chi connectivity index (χ3n) is 6.50. The van der Waals surface area contributed by atoms with Gasteiger partial charge in [-0.25, -0.2) is 9.37 Å². The van der Waals surface area contributed by atoms with E-state index >= 15 is 0 Å². The number of carbonyl (C=O) groups is 2. The Morgan fingerprint density at radius 3 is 2.85 bits per heavy atom. The van der Waals surface area contributed by atoms with Crippen molar-refractivity contribution in [3.63, 3.8) is 0 Å². The van der Waals surface area contributed by atoms with E-state index in [9.17, 15) is 14.0 Å². The van der Waals surface area contributed by atoms with Crippen LogP contribution in [0.3, 0.4) is 0 Å². The van der Waals surface area contributed by atoms with E-state index in [1.807, 2.05) is 6.92 Å². The van der Waals surface area contributed by atoms with Crippen LogP contribution in [-0.4, -0.2) is 53.1 Å². The largest absolute Gasteiger partial charge is 0.490 e. The maximum absolute atomic E-state index is 14.9. The lowest BCUT2D eigenvalue weighted by atomic mass is 9.94. The molecule has 180 valence electrons. The molecule has 3 aliphatic heterocycles. The SMILES string of the molecule is Cc1cc2c(c(OC(C)C)c1F)C(=O)N1C[C@@H](Oc3cc4c(cn3)C(C)CC(=O)N4)C[C@@H]1CO2. The van der Waals surface area contributed by atoms with E-state index in [1.54, 1.807) is 44.0 Å². The van der Waals surface area contributed by atoms with Gasteiger partial charge in [-0.15, -0.1) is 0 Å². The first-order valence-electron chi connectivity index (χ1n) is 11.6. The number of hydrogen-bond acceptors (Lipinski definition) is 6. The van der Waals surface area contributed by atoms with E-state index in [2.05, 4.69) is 10.3 Å². The third kappa shape index (κ3) is 3.93. The van der Waals surface area contributed by atoms with E-state index in [1.165, 1.54) is 0 Å². The zero-order valence-electron chi connectivity index (χ0n) is 19.7. The van der Waals surface area contributed by atoms with Crippen molar-refractivity contribution in [2.45, 2.75) is 64.7 Å². The maximum Gasteiger partial charge on any atom is 0.262 e. The summed E-state index contributed by atoms with van der Waals surface area (Å²) in [5.74, 6) is -0.170. The lowest BCUT2D eigenvalue weighted by molar-refractivity contribution is -0.116. The standard InChI is InChI=1S/C25H28FN3O5/c1-12(2)33-24-22-19(5-14(4)23(24)26)32-11-15-7-16(10-29(15)25(22)31)34-21-8-18-17(9-27-21)13(3)6-20(30)28-18/h5,8-9,12-13,15-16H,6-7,10-11H2,1-4H3,(H,28,30)/t13?,15-,16+/m1/s1. The highest BCUT2D eigenvalue weighted by Crippen LogP contribution is 2.40. The highest BCUT2D eigenvalue weighted by atomic mass is 19.1. The number of fused-ring (bicyclic) bond motifs is 3. The molecular weight excluding hydrogens is 441 g/mol. The maximum atomic E-state index is 14.9. The zero-order valence-corrected chi connectivity index (χ0v) is 19.7. The number of pyridine rings is 1. The molecule has 5 rings (SSSR count). The Morgan fingerprint density at radius 2 is 2.09 bits per heavy atom. The Kier molecular flexibility index (Phi) is 5.58. The summed E-state index contributed by atoms with van der Waals surface area (Å²) in [7, 11) is 0. The first kappa shape index (κ1) is 22.4. The highest BCUT2D eigenvalue weighted by Gasteiger charge is 2.42. The fraction of sp³-hybridized carbons (Fsp3) is 0.480. The second kappa shape index (κ2) is 8.45. The summed E-state index contributed by atoms with van der Waals surface area (Å²) in [5, 5.41) is 2.87. The van der Waals surface area contributed by atoms with E-state index in [0.29, 0.717) is 42.3 Å². The smallest absolute Gasteiger partial charge is 0.262 e. The first-order chi connectivity index (χ1) is 16.2. The number of aryl methyl sites for hydroxylation is 1. The molecule has 3 aliphatic rings. The molecule has 3 atom stereocenters. The number of hydrogen-bond donors (Lipinski definition) is 1. The molecule has 0 spiro atoms. The van der Waals surface area contributed by atoms with Gasteiger partial charge in [-0.3, -0.25) is 9.59 Å². The van der Waals surface area contributed by atoms with Gasteiger partial charge in [0.05, 0.1) is 24.4 Å². The number of amides is 2. The summed E-state index contributed by atoms with van der Waals surface area (Å²) >= 11 is 0. The third-order valence-corrected chi connectivity index (χ3v) is 6.50. The van der Waals surface area contributed by atoms with Crippen LogP contribution < -0.4 is 19.5 Å². The molecule has 1 aromatic heterocycles. The zero-order chi connectivity index (χ0) is 24.1. The molecular formula is C25H28FN3O5. The molecule has 1 unspecified atom stereocenters. The minimum Gasteiger partial charge on any atom is -0.490 e. The number of carbonyl (C=O) groups excluding carboxylic acids is 2. The Morgan fingerprint density at radius 1 is 1.29 bits per heavy atom. The molecule has 34 heavy (non-hydrogen) atoms. The van der Waals surface area contributed by atoms with Crippen LogP contribution in [0.2, 0.25) is 0 Å². The molecule has 0 aliphatic carbocycles. The lowest BCUT2D eigenvalue weighted by Gasteiger charge is -2.23. The summed E-state index contributed by atoms with van der Waals surface area (Å²) < 4.78 is 32.7. The monoisotopic (exact) mass is 469 g/mol. The summed E-state index contributed by atoms with van der Waals surface area (Å²) in [6, 6.07) is 3.06.